The Labute approximate surface area is 177 Å². The number of hydrogen-bond acceptors (Lipinski definition) is 8. The number of H-pyrrole nitrogens is 1. The Hall–Kier alpha value is -3.96. The highest BCUT2D eigenvalue weighted by molar-refractivity contribution is 7.89. The Morgan fingerprint density at radius 2 is 1.81 bits per heavy atom. The molecule has 2 heterocycles. The summed E-state index contributed by atoms with van der Waals surface area (Å²) in [6.07, 6.45) is 1.68. The first kappa shape index (κ1) is 20.3. The molecule has 11 heteroatoms. The Morgan fingerprint density at radius 1 is 1.06 bits per heavy atom. The number of para-hydroxylation sites is 1. The average Bonchev–Trinajstić information content (AvgIpc) is 3.22. The summed E-state index contributed by atoms with van der Waals surface area (Å²) in [7, 11) is -2.50. The number of anilines is 2. The average molecular weight is 439 g/mol. The molecule has 4 rings (SSSR count). The van der Waals surface area contributed by atoms with Crippen LogP contribution in [0.3, 0.4) is 0 Å². The summed E-state index contributed by atoms with van der Waals surface area (Å²) >= 11 is 0. The number of nitrogens with one attached hydrogen (secondary N) is 2. The summed E-state index contributed by atoms with van der Waals surface area (Å²) in [5.41, 5.74) is 1.90. The first-order valence-corrected chi connectivity index (χ1v) is 10.5. The largest absolute Gasteiger partial charge is 0.465 e. The molecule has 0 aliphatic carbocycles. The molecule has 0 saturated carbocycles. The summed E-state index contributed by atoms with van der Waals surface area (Å²) in [5.74, 6) is 0.129. The zero-order valence-corrected chi connectivity index (χ0v) is 17.0. The molecule has 0 radical (unpaired) electrons. The first-order chi connectivity index (χ1) is 14.8. The number of methoxy groups -OCH3 is 1. The van der Waals surface area contributed by atoms with E-state index in [0.29, 0.717) is 16.7 Å². The number of carbonyl (C=O) groups is 1. The van der Waals surface area contributed by atoms with Crippen LogP contribution in [0.5, 0.6) is 11.6 Å². The molecule has 0 amide bonds. The van der Waals surface area contributed by atoms with Crippen molar-refractivity contribution in [1.82, 2.24) is 15.0 Å². The number of primary sulfonamides is 1. The number of carbonyl (C=O) groups excluding carboxylic acids is 1. The Bertz CT molecular complexity index is 1370. The molecule has 0 fully saturated rings. The van der Waals surface area contributed by atoms with Crippen LogP contribution in [-0.2, 0) is 14.8 Å². The number of sulfonamides is 1. The fraction of sp³-hybridized carbons (Fsp3) is 0.0500. The minimum Gasteiger partial charge on any atom is -0.465 e. The molecule has 0 atom stereocenters. The summed E-state index contributed by atoms with van der Waals surface area (Å²) in [6.45, 7) is 0. The van der Waals surface area contributed by atoms with Crippen molar-refractivity contribution in [2.24, 2.45) is 5.14 Å². The molecule has 0 aliphatic rings. The van der Waals surface area contributed by atoms with E-state index >= 15 is 0 Å². The fourth-order valence-electron chi connectivity index (χ4n) is 2.84. The van der Waals surface area contributed by atoms with Gasteiger partial charge in [0.25, 0.3) is 0 Å². The Balaban J connectivity index is 1.69. The van der Waals surface area contributed by atoms with Gasteiger partial charge in [-0.15, -0.1) is 0 Å². The normalized spacial score (nSPS) is 11.3. The first-order valence-electron chi connectivity index (χ1n) is 8.95. The van der Waals surface area contributed by atoms with Gasteiger partial charge in [0.05, 0.1) is 17.5 Å². The van der Waals surface area contributed by atoms with Crippen molar-refractivity contribution < 1.29 is 22.7 Å². The van der Waals surface area contributed by atoms with Crippen molar-refractivity contribution in [3.63, 3.8) is 0 Å². The van der Waals surface area contributed by atoms with Crippen molar-refractivity contribution in [2.45, 2.75) is 4.90 Å². The molecule has 0 spiro atoms. The molecule has 10 nitrogen and oxygen atoms in total. The van der Waals surface area contributed by atoms with Crippen molar-refractivity contribution in [1.29, 1.82) is 0 Å². The predicted molar refractivity (Wildman–Crippen MR) is 113 cm³/mol. The second-order valence-electron chi connectivity index (χ2n) is 6.37. The van der Waals surface area contributed by atoms with Crippen LogP contribution in [0, 0.1) is 0 Å². The van der Waals surface area contributed by atoms with Crippen molar-refractivity contribution in [3.8, 4) is 11.6 Å². The molecule has 0 unspecified atom stereocenters. The van der Waals surface area contributed by atoms with E-state index in [1.165, 1.54) is 31.4 Å². The second kappa shape index (κ2) is 8.05. The van der Waals surface area contributed by atoms with E-state index in [0.717, 1.165) is 0 Å². The van der Waals surface area contributed by atoms with Crippen molar-refractivity contribution >= 4 is 38.7 Å². The number of ether oxygens (including phenoxy) is 2. The number of aromatic nitrogens is 3. The summed E-state index contributed by atoms with van der Waals surface area (Å²) < 4.78 is 33.6. The standard InChI is InChI=1S/C20H17N5O5S/c1-29-19(26)14-4-2-3-5-16(14)30-18-17-15(10-11-22-17)24-20(25-18)23-12-6-8-13(9-7-12)31(21,27)28/h2-11,22H,1H3,(H2,21,27,28)(H,23,24,25). The Kier molecular flexibility index (Phi) is 5.28. The fourth-order valence-corrected chi connectivity index (χ4v) is 3.36. The van der Waals surface area contributed by atoms with Gasteiger partial charge in [-0.25, -0.2) is 23.3 Å². The van der Waals surface area contributed by atoms with Crippen LogP contribution in [0.25, 0.3) is 11.0 Å². The van der Waals surface area contributed by atoms with Gasteiger partial charge in [-0.2, -0.15) is 4.98 Å². The van der Waals surface area contributed by atoms with Crippen LogP contribution in [0.2, 0.25) is 0 Å². The lowest BCUT2D eigenvalue weighted by molar-refractivity contribution is 0.0598. The number of aromatic amines is 1. The summed E-state index contributed by atoms with van der Waals surface area (Å²) in [5, 5.41) is 8.12. The Morgan fingerprint density at radius 3 is 2.52 bits per heavy atom. The van der Waals surface area contributed by atoms with Gasteiger partial charge < -0.3 is 19.8 Å². The molecule has 2 aromatic heterocycles. The molecule has 4 N–H and O–H groups in total. The van der Waals surface area contributed by atoms with E-state index in [1.807, 2.05) is 0 Å². The van der Waals surface area contributed by atoms with E-state index < -0.39 is 16.0 Å². The SMILES string of the molecule is COC(=O)c1ccccc1Oc1nc(Nc2ccc(S(N)(=O)=O)cc2)nc2cc[nH]c12. The van der Waals surface area contributed by atoms with E-state index in [2.05, 4.69) is 20.3 Å². The lowest BCUT2D eigenvalue weighted by atomic mass is 10.2. The highest BCUT2D eigenvalue weighted by Crippen LogP contribution is 2.30. The third-order valence-corrected chi connectivity index (χ3v) is 5.24. The van der Waals surface area contributed by atoms with Gasteiger partial charge in [0.1, 0.15) is 16.8 Å². The van der Waals surface area contributed by atoms with Crippen molar-refractivity contribution in [3.05, 3.63) is 66.4 Å². The van der Waals surface area contributed by atoms with Gasteiger partial charge in [-0.05, 0) is 42.5 Å². The predicted octanol–water partition coefficient (Wildman–Crippen LogP) is 2.93. The molecular weight excluding hydrogens is 422 g/mol. The molecule has 31 heavy (non-hydrogen) atoms. The molecule has 4 aromatic rings. The summed E-state index contributed by atoms with van der Waals surface area (Å²) in [6, 6.07) is 14.2. The maximum atomic E-state index is 12.0. The molecular formula is C20H17N5O5S. The van der Waals surface area contributed by atoms with Gasteiger partial charge in [0.15, 0.2) is 0 Å². The van der Waals surface area contributed by atoms with E-state index in [9.17, 15) is 13.2 Å². The van der Waals surface area contributed by atoms with Gasteiger partial charge in [0, 0.05) is 11.9 Å². The zero-order chi connectivity index (χ0) is 22.0. The summed E-state index contributed by atoms with van der Waals surface area (Å²) in [4.78, 5) is 23.8. The maximum absolute atomic E-state index is 12.0. The lowest BCUT2D eigenvalue weighted by Gasteiger charge is -2.11. The van der Waals surface area contributed by atoms with E-state index in [4.69, 9.17) is 14.6 Å². The van der Waals surface area contributed by atoms with Crippen LogP contribution in [0.4, 0.5) is 11.6 Å². The highest BCUT2D eigenvalue weighted by atomic mass is 32.2. The number of nitrogens with zero attached hydrogens (tertiary/aromatic N) is 2. The number of rotatable bonds is 6. The second-order valence-corrected chi connectivity index (χ2v) is 7.94. The minimum atomic E-state index is -3.79. The van der Waals surface area contributed by atoms with Crippen molar-refractivity contribution in [2.75, 3.05) is 12.4 Å². The van der Waals surface area contributed by atoms with Gasteiger partial charge in [-0.3, -0.25) is 0 Å². The third-order valence-electron chi connectivity index (χ3n) is 4.31. The lowest BCUT2D eigenvalue weighted by Crippen LogP contribution is -2.11. The number of benzene rings is 2. The number of esters is 1. The number of fused-ring (bicyclic) bond motifs is 1. The van der Waals surface area contributed by atoms with E-state index in [1.54, 1.807) is 36.5 Å². The molecule has 0 saturated heterocycles. The van der Waals surface area contributed by atoms with Gasteiger partial charge in [0.2, 0.25) is 21.9 Å². The quantitative estimate of drug-likeness (QED) is 0.388. The van der Waals surface area contributed by atoms with Gasteiger partial charge >= 0.3 is 5.97 Å². The molecule has 158 valence electrons. The maximum Gasteiger partial charge on any atom is 0.341 e. The topological polar surface area (TPSA) is 149 Å². The van der Waals surface area contributed by atoms with Crippen LogP contribution in [0.1, 0.15) is 10.4 Å². The molecule has 0 aliphatic heterocycles. The smallest absolute Gasteiger partial charge is 0.341 e. The number of hydrogen-bond donors (Lipinski definition) is 3. The molecule has 0 bridgehead atoms. The monoisotopic (exact) mass is 439 g/mol. The van der Waals surface area contributed by atoms with E-state index in [-0.39, 0.29) is 28.0 Å². The molecule has 2 aromatic carbocycles. The zero-order valence-electron chi connectivity index (χ0n) is 16.2. The van der Waals surface area contributed by atoms with Gasteiger partial charge in [-0.1, -0.05) is 12.1 Å². The van der Waals surface area contributed by atoms with Crippen LogP contribution >= 0.6 is 0 Å². The van der Waals surface area contributed by atoms with Crippen LogP contribution in [-0.4, -0.2) is 36.4 Å². The number of nitrogens with two attached hydrogens (primary N) is 1. The minimum absolute atomic E-state index is 0.0107. The van der Waals surface area contributed by atoms with Crippen LogP contribution in [0.15, 0.2) is 65.7 Å². The van der Waals surface area contributed by atoms with Crippen LogP contribution < -0.4 is 15.2 Å². The highest BCUT2D eigenvalue weighted by Gasteiger charge is 2.17. The third kappa shape index (κ3) is 4.32.